The van der Waals surface area contributed by atoms with E-state index in [1.165, 1.54) is 38.4 Å². The number of sulfonamides is 1. The summed E-state index contributed by atoms with van der Waals surface area (Å²) in [6.07, 6.45) is 0. The van der Waals surface area contributed by atoms with Gasteiger partial charge in [0, 0.05) is 24.3 Å². The Bertz CT molecular complexity index is 911. The van der Waals surface area contributed by atoms with E-state index in [2.05, 4.69) is 21.2 Å². The fourth-order valence-corrected chi connectivity index (χ4v) is 3.25. The number of halogens is 1. The number of hydrogen-bond donors (Lipinski definition) is 1. The Balaban J connectivity index is 1.93. The molecule has 2 aromatic carbocycles. The summed E-state index contributed by atoms with van der Waals surface area (Å²) in [6, 6.07) is 12.3. The third-order valence-electron chi connectivity index (χ3n) is 3.31. The lowest BCUT2D eigenvalue weighted by Gasteiger charge is -2.12. The molecule has 0 aliphatic rings. The lowest BCUT2D eigenvalue weighted by Crippen LogP contribution is -2.22. The van der Waals surface area contributed by atoms with Crippen molar-refractivity contribution in [2.45, 2.75) is 4.90 Å². The Morgan fingerprint density at radius 1 is 1.12 bits per heavy atom. The van der Waals surface area contributed by atoms with Crippen LogP contribution < -0.4 is 5.32 Å². The Labute approximate surface area is 160 Å². The van der Waals surface area contributed by atoms with Crippen molar-refractivity contribution in [3.05, 3.63) is 58.6 Å². The van der Waals surface area contributed by atoms with Gasteiger partial charge in [0.25, 0.3) is 5.91 Å². The minimum Gasteiger partial charge on any atom is -0.452 e. The number of hydrogen-bond acceptors (Lipinski definition) is 5. The SMILES string of the molecule is CN(C)S(=O)(=O)c1ccc(NC(=O)COC(=O)c2cccc(Br)c2)cc1. The molecule has 0 atom stereocenters. The number of carbonyl (C=O) groups is 2. The van der Waals surface area contributed by atoms with E-state index in [9.17, 15) is 18.0 Å². The van der Waals surface area contributed by atoms with E-state index in [0.717, 1.165) is 8.78 Å². The molecule has 1 amide bonds. The van der Waals surface area contributed by atoms with Crippen LogP contribution in [-0.2, 0) is 19.6 Å². The number of anilines is 1. The fourth-order valence-electron chi connectivity index (χ4n) is 1.95. The molecule has 9 heteroatoms. The number of nitrogens with one attached hydrogen (secondary N) is 1. The van der Waals surface area contributed by atoms with Gasteiger partial charge < -0.3 is 10.1 Å². The van der Waals surface area contributed by atoms with Gasteiger partial charge in [-0.2, -0.15) is 0 Å². The summed E-state index contributed by atoms with van der Waals surface area (Å²) in [4.78, 5) is 23.9. The van der Waals surface area contributed by atoms with Gasteiger partial charge in [-0.3, -0.25) is 4.79 Å². The van der Waals surface area contributed by atoms with Gasteiger partial charge in [0.05, 0.1) is 10.5 Å². The Kier molecular flexibility index (Phi) is 6.52. The summed E-state index contributed by atoms with van der Waals surface area (Å²) in [5.74, 6) is -1.15. The van der Waals surface area contributed by atoms with Crippen LogP contribution in [-0.4, -0.2) is 45.3 Å². The van der Waals surface area contributed by atoms with Crippen LogP contribution >= 0.6 is 15.9 Å². The van der Waals surface area contributed by atoms with Crippen LogP contribution in [0.15, 0.2) is 57.9 Å². The highest BCUT2D eigenvalue weighted by molar-refractivity contribution is 9.10. The summed E-state index contributed by atoms with van der Waals surface area (Å²) in [6.45, 7) is -0.455. The molecule has 0 fully saturated rings. The van der Waals surface area contributed by atoms with E-state index in [1.54, 1.807) is 24.3 Å². The standard InChI is InChI=1S/C17H17BrN2O5S/c1-20(2)26(23,24)15-8-6-14(7-9-15)19-16(21)11-25-17(22)12-4-3-5-13(18)10-12/h3-10H,11H2,1-2H3,(H,19,21). The van der Waals surface area contributed by atoms with Crippen molar-refractivity contribution in [1.82, 2.24) is 4.31 Å². The van der Waals surface area contributed by atoms with Crippen molar-refractivity contribution >= 4 is 43.5 Å². The molecule has 26 heavy (non-hydrogen) atoms. The van der Waals surface area contributed by atoms with Crippen molar-refractivity contribution in [3.63, 3.8) is 0 Å². The molecule has 0 aliphatic carbocycles. The maximum Gasteiger partial charge on any atom is 0.338 e. The monoisotopic (exact) mass is 440 g/mol. The zero-order valence-electron chi connectivity index (χ0n) is 14.1. The van der Waals surface area contributed by atoms with Gasteiger partial charge in [-0.25, -0.2) is 17.5 Å². The van der Waals surface area contributed by atoms with E-state index in [4.69, 9.17) is 4.74 Å². The first kappa shape index (κ1) is 20.1. The molecule has 0 aliphatic heterocycles. The van der Waals surface area contributed by atoms with E-state index in [0.29, 0.717) is 11.3 Å². The topological polar surface area (TPSA) is 92.8 Å². The van der Waals surface area contributed by atoms with Crippen LogP contribution in [0.2, 0.25) is 0 Å². The highest BCUT2D eigenvalue weighted by Crippen LogP contribution is 2.17. The molecule has 0 saturated heterocycles. The predicted octanol–water partition coefficient (Wildman–Crippen LogP) is 2.49. The smallest absolute Gasteiger partial charge is 0.338 e. The predicted molar refractivity (Wildman–Crippen MR) is 100 cm³/mol. The number of carbonyl (C=O) groups excluding carboxylic acids is 2. The first-order chi connectivity index (χ1) is 12.2. The van der Waals surface area contributed by atoms with Gasteiger partial charge in [-0.05, 0) is 42.5 Å². The van der Waals surface area contributed by atoms with E-state index < -0.39 is 28.5 Å². The third-order valence-corrected chi connectivity index (χ3v) is 5.63. The van der Waals surface area contributed by atoms with E-state index in [1.807, 2.05) is 0 Å². The number of benzene rings is 2. The van der Waals surface area contributed by atoms with Gasteiger partial charge in [0.1, 0.15) is 0 Å². The van der Waals surface area contributed by atoms with Gasteiger partial charge in [-0.1, -0.05) is 22.0 Å². The molecule has 1 N–H and O–H groups in total. The molecular formula is C17H17BrN2O5S. The van der Waals surface area contributed by atoms with Crippen molar-refractivity contribution in [1.29, 1.82) is 0 Å². The second kappa shape index (κ2) is 8.43. The molecule has 0 unspecified atom stereocenters. The van der Waals surface area contributed by atoms with Crippen LogP contribution in [0.5, 0.6) is 0 Å². The molecule has 7 nitrogen and oxygen atoms in total. The molecule has 0 heterocycles. The van der Waals surface area contributed by atoms with Gasteiger partial charge in [-0.15, -0.1) is 0 Å². The molecule has 2 rings (SSSR count). The van der Waals surface area contributed by atoms with Gasteiger partial charge in [0.2, 0.25) is 10.0 Å². The molecule has 0 spiro atoms. The largest absolute Gasteiger partial charge is 0.452 e. The average molecular weight is 441 g/mol. The number of esters is 1. The highest BCUT2D eigenvalue weighted by Gasteiger charge is 2.17. The molecule has 2 aromatic rings. The van der Waals surface area contributed by atoms with Gasteiger partial charge in [0.15, 0.2) is 6.61 Å². The first-order valence-electron chi connectivity index (χ1n) is 7.45. The summed E-state index contributed by atoms with van der Waals surface area (Å²) in [7, 11) is -0.660. The van der Waals surface area contributed by atoms with Crippen molar-refractivity contribution < 1.29 is 22.7 Å². The minimum absolute atomic E-state index is 0.113. The summed E-state index contributed by atoms with van der Waals surface area (Å²) in [5.41, 5.74) is 0.719. The fraction of sp³-hybridized carbons (Fsp3) is 0.176. The minimum atomic E-state index is -3.53. The van der Waals surface area contributed by atoms with Crippen molar-refractivity contribution in [2.75, 3.05) is 26.0 Å². The molecule has 0 radical (unpaired) electrons. The number of ether oxygens (including phenoxy) is 1. The van der Waals surface area contributed by atoms with Crippen LogP contribution in [0.4, 0.5) is 5.69 Å². The van der Waals surface area contributed by atoms with Gasteiger partial charge >= 0.3 is 5.97 Å². The number of rotatable bonds is 6. The zero-order valence-corrected chi connectivity index (χ0v) is 16.5. The highest BCUT2D eigenvalue weighted by atomic mass is 79.9. The van der Waals surface area contributed by atoms with E-state index in [-0.39, 0.29) is 4.90 Å². The quantitative estimate of drug-likeness (QED) is 0.696. The molecule has 0 saturated carbocycles. The molecule has 138 valence electrons. The van der Waals surface area contributed by atoms with Crippen LogP contribution in [0, 0.1) is 0 Å². The molecule has 0 aromatic heterocycles. The zero-order chi connectivity index (χ0) is 19.3. The Hall–Kier alpha value is -2.23. The Morgan fingerprint density at radius 2 is 1.77 bits per heavy atom. The van der Waals surface area contributed by atoms with Crippen molar-refractivity contribution in [3.8, 4) is 0 Å². The van der Waals surface area contributed by atoms with Crippen molar-refractivity contribution in [2.24, 2.45) is 0 Å². The van der Waals surface area contributed by atoms with Crippen LogP contribution in [0.3, 0.4) is 0 Å². The normalized spacial score (nSPS) is 11.2. The average Bonchev–Trinajstić information content (AvgIpc) is 2.60. The third kappa shape index (κ3) is 5.13. The maximum atomic E-state index is 12.0. The number of amides is 1. The van der Waals surface area contributed by atoms with Crippen LogP contribution in [0.1, 0.15) is 10.4 Å². The number of nitrogens with zero attached hydrogens (tertiary/aromatic N) is 1. The Morgan fingerprint density at radius 3 is 2.35 bits per heavy atom. The molecule has 0 bridgehead atoms. The lowest BCUT2D eigenvalue weighted by molar-refractivity contribution is -0.119. The summed E-state index contributed by atoms with van der Waals surface area (Å²) in [5, 5.41) is 2.53. The second-order valence-corrected chi connectivity index (χ2v) is 8.51. The van der Waals surface area contributed by atoms with Crippen LogP contribution in [0.25, 0.3) is 0 Å². The lowest BCUT2D eigenvalue weighted by atomic mass is 10.2. The molecular weight excluding hydrogens is 424 g/mol. The maximum absolute atomic E-state index is 12.0. The first-order valence-corrected chi connectivity index (χ1v) is 9.68. The summed E-state index contributed by atoms with van der Waals surface area (Å²) >= 11 is 3.25. The summed E-state index contributed by atoms with van der Waals surface area (Å²) < 4.78 is 30.7. The van der Waals surface area contributed by atoms with E-state index >= 15 is 0 Å². The second-order valence-electron chi connectivity index (χ2n) is 5.45.